The molecule has 0 aliphatic heterocycles. The van der Waals surface area contributed by atoms with E-state index in [1.807, 2.05) is 18.2 Å². The van der Waals surface area contributed by atoms with Gasteiger partial charge in [0.15, 0.2) is 0 Å². The van der Waals surface area contributed by atoms with Crippen molar-refractivity contribution in [2.24, 2.45) is 0 Å². The first-order valence-corrected chi connectivity index (χ1v) is 8.14. The maximum absolute atomic E-state index is 13.1. The van der Waals surface area contributed by atoms with E-state index in [1.54, 1.807) is 13.2 Å². The standard InChI is InChI=1S/C18H15ClFN3O3/c1-25-13-4-2-3-11(9-13)18-23-22-17(26-18)8-7-16(24)21-12-5-6-15(20)14(19)10-12/h2-6,9-10H,7-8H2,1H3,(H,21,24). The smallest absolute Gasteiger partial charge is 0.247 e. The van der Waals surface area contributed by atoms with Gasteiger partial charge >= 0.3 is 0 Å². The Morgan fingerprint density at radius 3 is 2.88 bits per heavy atom. The number of benzene rings is 2. The van der Waals surface area contributed by atoms with Gasteiger partial charge in [0, 0.05) is 24.1 Å². The van der Waals surface area contributed by atoms with Crippen molar-refractivity contribution >= 4 is 23.2 Å². The number of ether oxygens (including phenoxy) is 1. The molecule has 1 amide bonds. The predicted octanol–water partition coefficient (Wildman–Crippen LogP) is 4.11. The lowest BCUT2D eigenvalue weighted by Gasteiger charge is -2.05. The molecule has 0 unspecified atom stereocenters. The molecule has 6 nitrogen and oxygen atoms in total. The number of nitrogens with zero attached hydrogens (tertiary/aromatic N) is 2. The van der Waals surface area contributed by atoms with Crippen LogP contribution in [0.15, 0.2) is 46.9 Å². The van der Waals surface area contributed by atoms with Crippen LogP contribution in [0.2, 0.25) is 5.02 Å². The first kappa shape index (κ1) is 17.9. The lowest BCUT2D eigenvalue weighted by molar-refractivity contribution is -0.116. The van der Waals surface area contributed by atoms with E-state index < -0.39 is 5.82 Å². The molecule has 0 aliphatic rings. The van der Waals surface area contributed by atoms with Crippen molar-refractivity contribution in [2.75, 3.05) is 12.4 Å². The minimum Gasteiger partial charge on any atom is -0.497 e. The van der Waals surface area contributed by atoms with E-state index >= 15 is 0 Å². The monoisotopic (exact) mass is 375 g/mol. The molecular formula is C18H15ClFN3O3. The van der Waals surface area contributed by atoms with Gasteiger partial charge < -0.3 is 14.5 Å². The molecular weight excluding hydrogens is 361 g/mol. The fourth-order valence-electron chi connectivity index (χ4n) is 2.25. The Hall–Kier alpha value is -2.93. The zero-order valence-electron chi connectivity index (χ0n) is 13.8. The van der Waals surface area contributed by atoms with Gasteiger partial charge in [-0.05, 0) is 36.4 Å². The summed E-state index contributed by atoms with van der Waals surface area (Å²) >= 11 is 5.68. The van der Waals surface area contributed by atoms with Crippen molar-refractivity contribution in [3.05, 3.63) is 59.2 Å². The molecule has 2 aromatic carbocycles. The molecule has 0 bridgehead atoms. The van der Waals surface area contributed by atoms with Gasteiger partial charge in [-0.3, -0.25) is 4.79 Å². The molecule has 3 rings (SSSR count). The van der Waals surface area contributed by atoms with Crippen LogP contribution < -0.4 is 10.1 Å². The van der Waals surface area contributed by atoms with E-state index in [1.165, 1.54) is 18.2 Å². The second-order valence-corrected chi connectivity index (χ2v) is 5.82. The Labute approximate surface area is 154 Å². The Morgan fingerprint density at radius 2 is 2.12 bits per heavy atom. The van der Waals surface area contributed by atoms with Crippen molar-refractivity contribution in [1.82, 2.24) is 10.2 Å². The van der Waals surface area contributed by atoms with Gasteiger partial charge in [-0.2, -0.15) is 0 Å². The van der Waals surface area contributed by atoms with Crippen molar-refractivity contribution in [3.8, 4) is 17.2 Å². The number of nitrogens with one attached hydrogen (secondary N) is 1. The zero-order chi connectivity index (χ0) is 18.5. The number of rotatable bonds is 6. The van der Waals surface area contributed by atoms with E-state index in [2.05, 4.69) is 15.5 Å². The number of anilines is 1. The summed E-state index contributed by atoms with van der Waals surface area (Å²) in [5.41, 5.74) is 1.15. The van der Waals surface area contributed by atoms with Crippen molar-refractivity contribution in [1.29, 1.82) is 0 Å². The molecule has 1 heterocycles. The highest BCUT2D eigenvalue weighted by Crippen LogP contribution is 2.23. The number of carbonyl (C=O) groups excluding carboxylic acids is 1. The summed E-state index contributed by atoms with van der Waals surface area (Å²) in [5.74, 6) is 0.564. The summed E-state index contributed by atoms with van der Waals surface area (Å²) in [4.78, 5) is 12.0. The maximum atomic E-state index is 13.1. The number of carbonyl (C=O) groups is 1. The number of aromatic nitrogens is 2. The zero-order valence-corrected chi connectivity index (χ0v) is 14.6. The quantitative estimate of drug-likeness (QED) is 0.701. The average Bonchev–Trinajstić information content (AvgIpc) is 3.12. The predicted molar refractivity (Wildman–Crippen MR) is 94.6 cm³/mol. The van der Waals surface area contributed by atoms with E-state index in [0.717, 1.165) is 5.56 Å². The van der Waals surface area contributed by atoms with Crippen LogP contribution in [0.1, 0.15) is 12.3 Å². The van der Waals surface area contributed by atoms with Gasteiger partial charge in [-0.1, -0.05) is 17.7 Å². The number of hydrogen-bond acceptors (Lipinski definition) is 5. The number of hydrogen-bond donors (Lipinski definition) is 1. The van der Waals surface area contributed by atoms with Crippen LogP contribution in [0, 0.1) is 5.82 Å². The molecule has 0 atom stereocenters. The molecule has 0 spiro atoms. The molecule has 3 aromatic rings. The van der Waals surface area contributed by atoms with Crippen LogP contribution in [0.3, 0.4) is 0 Å². The second kappa shape index (κ2) is 7.97. The third-order valence-electron chi connectivity index (χ3n) is 3.55. The van der Waals surface area contributed by atoms with Crippen LogP contribution in [-0.4, -0.2) is 23.2 Å². The molecule has 0 aliphatic carbocycles. The average molecular weight is 376 g/mol. The molecule has 0 fully saturated rings. The highest BCUT2D eigenvalue weighted by atomic mass is 35.5. The third kappa shape index (κ3) is 4.37. The Morgan fingerprint density at radius 1 is 1.27 bits per heavy atom. The van der Waals surface area contributed by atoms with Gasteiger partial charge in [0.05, 0.1) is 12.1 Å². The minimum atomic E-state index is -0.541. The summed E-state index contributed by atoms with van der Waals surface area (Å²) < 4.78 is 23.9. The van der Waals surface area contributed by atoms with E-state index in [9.17, 15) is 9.18 Å². The Kier molecular flexibility index (Phi) is 5.48. The third-order valence-corrected chi connectivity index (χ3v) is 3.84. The lowest BCUT2D eigenvalue weighted by Crippen LogP contribution is -2.12. The SMILES string of the molecule is COc1cccc(-c2nnc(CCC(=O)Nc3ccc(F)c(Cl)c3)o2)c1. The lowest BCUT2D eigenvalue weighted by atomic mass is 10.2. The van der Waals surface area contributed by atoms with Crippen LogP contribution in [-0.2, 0) is 11.2 Å². The van der Waals surface area contributed by atoms with Crippen LogP contribution in [0.25, 0.3) is 11.5 Å². The number of halogens is 2. The normalized spacial score (nSPS) is 10.6. The largest absolute Gasteiger partial charge is 0.497 e. The van der Waals surface area contributed by atoms with Crippen LogP contribution in [0.4, 0.5) is 10.1 Å². The molecule has 26 heavy (non-hydrogen) atoms. The minimum absolute atomic E-state index is 0.0531. The second-order valence-electron chi connectivity index (χ2n) is 5.41. The molecule has 0 saturated heterocycles. The maximum Gasteiger partial charge on any atom is 0.247 e. The highest BCUT2D eigenvalue weighted by Gasteiger charge is 2.12. The van der Waals surface area contributed by atoms with Crippen molar-refractivity contribution in [3.63, 3.8) is 0 Å². The summed E-state index contributed by atoms with van der Waals surface area (Å²) in [6, 6.07) is 11.2. The first-order chi connectivity index (χ1) is 12.5. The van der Waals surface area contributed by atoms with Gasteiger partial charge in [0.1, 0.15) is 11.6 Å². The summed E-state index contributed by atoms with van der Waals surface area (Å²) in [7, 11) is 1.57. The molecule has 1 N–H and O–H groups in total. The summed E-state index contributed by atoms with van der Waals surface area (Å²) in [5, 5.41) is 10.5. The van der Waals surface area contributed by atoms with Crippen molar-refractivity contribution < 1.29 is 18.3 Å². The topological polar surface area (TPSA) is 77.2 Å². The molecule has 0 radical (unpaired) electrons. The summed E-state index contributed by atoms with van der Waals surface area (Å²) in [6.45, 7) is 0. The number of aryl methyl sites for hydroxylation is 1. The van der Waals surface area contributed by atoms with E-state index in [0.29, 0.717) is 23.2 Å². The van der Waals surface area contributed by atoms with Gasteiger partial charge in [0.25, 0.3) is 0 Å². The number of methoxy groups -OCH3 is 1. The van der Waals surface area contributed by atoms with E-state index in [-0.39, 0.29) is 23.8 Å². The van der Waals surface area contributed by atoms with Gasteiger partial charge in [0.2, 0.25) is 17.7 Å². The Balaban J connectivity index is 1.58. The van der Waals surface area contributed by atoms with E-state index in [4.69, 9.17) is 20.8 Å². The molecule has 134 valence electrons. The van der Waals surface area contributed by atoms with Gasteiger partial charge in [-0.25, -0.2) is 4.39 Å². The highest BCUT2D eigenvalue weighted by molar-refractivity contribution is 6.31. The molecule has 0 saturated carbocycles. The molecule has 8 heteroatoms. The number of amides is 1. The van der Waals surface area contributed by atoms with Crippen molar-refractivity contribution in [2.45, 2.75) is 12.8 Å². The fourth-order valence-corrected chi connectivity index (χ4v) is 2.43. The van der Waals surface area contributed by atoms with Crippen LogP contribution >= 0.6 is 11.6 Å². The van der Waals surface area contributed by atoms with Crippen LogP contribution in [0.5, 0.6) is 5.75 Å². The summed E-state index contributed by atoms with van der Waals surface area (Å²) in [6.07, 6.45) is 0.409. The molecule has 1 aromatic heterocycles. The van der Waals surface area contributed by atoms with Gasteiger partial charge in [-0.15, -0.1) is 10.2 Å². The Bertz CT molecular complexity index is 930. The fraction of sp³-hybridized carbons (Fsp3) is 0.167. The first-order valence-electron chi connectivity index (χ1n) is 7.77.